The Hall–Kier alpha value is -1.51. The summed E-state index contributed by atoms with van der Waals surface area (Å²) in [4.78, 5) is 9.96. The molecule has 110 valence electrons. The van der Waals surface area contributed by atoms with Gasteiger partial charge >= 0.3 is 0 Å². The second-order valence-corrected chi connectivity index (χ2v) is 6.73. The lowest BCUT2D eigenvalue weighted by Gasteiger charge is -2.31. The van der Waals surface area contributed by atoms with Crippen molar-refractivity contribution in [3.63, 3.8) is 0 Å². The zero-order valence-corrected chi connectivity index (χ0v) is 11.8. The molecule has 0 radical (unpaired) electrons. The fourth-order valence-electron chi connectivity index (χ4n) is 2.30. The van der Waals surface area contributed by atoms with E-state index in [1.807, 2.05) is 0 Å². The topological polar surface area (TPSA) is 110 Å². The molecule has 1 aromatic rings. The molecule has 7 nitrogen and oxygen atoms in total. The van der Waals surface area contributed by atoms with Crippen LogP contribution in [0.3, 0.4) is 0 Å². The van der Waals surface area contributed by atoms with Crippen molar-refractivity contribution >= 4 is 15.7 Å². The predicted molar refractivity (Wildman–Crippen MR) is 71.8 cm³/mol. The third-order valence-corrected chi connectivity index (χ3v) is 5.04. The van der Waals surface area contributed by atoms with Gasteiger partial charge in [-0.3, -0.25) is 10.1 Å². The molecule has 1 fully saturated rings. The van der Waals surface area contributed by atoms with E-state index < -0.39 is 20.6 Å². The Morgan fingerprint density at radius 1 is 1.45 bits per heavy atom. The quantitative estimate of drug-likeness (QED) is 0.621. The fourth-order valence-corrected chi connectivity index (χ4v) is 3.81. The Morgan fingerprint density at radius 3 is 2.65 bits per heavy atom. The van der Waals surface area contributed by atoms with E-state index in [-0.39, 0.29) is 23.5 Å². The van der Waals surface area contributed by atoms with Gasteiger partial charge in [-0.1, -0.05) is 12.1 Å². The Labute approximate surface area is 116 Å². The fraction of sp³-hybridized carbons (Fsp3) is 0.500. The number of benzene rings is 1. The average molecular weight is 300 g/mol. The molecule has 0 amide bonds. The molecule has 8 heteroatoms. The zero-order chi connectivity index (χ0) is 14.9. The van der Waals surface area contributed by atoms with Crippen LogP contribution in [0.25, 0.3) is 0 Å². The van der Waals surface area contributed by atoms with Crippen LogP contribution in [0.15, 0.2) is 23.1 Å². The van der Waals surface area contributed by atoms with Gasteiger partial charge in [0.05, 0.1) is 11.0 Å². The molecule has 0 bridgehead atoms. The highest BCUT2D eigenvalue weighted by Crippen LogP contribution is 2.29. The highest BCUT2D eigenvalue weighted by atomic mass is 32.2. The third-order valence-electron chi connectivity index (χ3n) is 3.43. The van der Waals surface area contributed by atoms with Crippen molar-refractivity contribution in [2.75, 3.05) is 6.54 Å². The van der Waals surface area contributed by atoms with Crippen LogP contribution in [-0.4, -0.2) is 31.1 Å². The summed E-state index contributed by atoms with van der Waals surface area (Å²) >= 11 is 0. The van der Waals surface area contributed by atoms with Gasteiger partial charge in [-0.2, -0.15) is 0 Å². The van der Waals surface area contributed by atoms with Gasteiger partial charge < -0.3 is 5.11 Å². The lowest BCUT2D eigenvalue weighted by atomic mass is 9.83. The minimum Gasteiger partial charge on any atom is -0.393 e. The Morgan fingerprint density at radius 2 is 2.10 bits per heavy atom. The standard InChI is InChI=1S/C12H16N2O5S/c1-8-3-2-4-11(14(16)17)12(8)20(18,19)13-7-9-5-10(15)6-9/h2-4,9-10,13,15H,5-7H2,1H3. The molecule has 0 unspecified atom stereocenters. The highest BCUT2D eigenvalue weighted by molar-refractivity contribution is 7.89. The summed E-state index contributed by atoms with van der Waals surface area (Å²) in [6.45, 7) is 1.71. The van der Waals surface area contributed by atoms with Crippen LogP contribution in [0.5, 0.6) is 0 Å². The highest BCUT2D eigenvalue weighted by Gasteiger charge is 2.31. The van der Waals surface area contributed by atoms with Crippen LogP contribution in [0.1, 0.15) is 18.4 Å². The Kier molecular flexibility index (Phi) is 4.07. The SMILES string of the molecule is Cc1cccc([N+](=O)[O-])c1S(=O)(=O)NCC1CC(O)C1. The van der Waals surface area contributed by atoms with E-state index in [1.54, 1.807) is 0 Å². The molecule has 1 saturated carbocycles. The number of aryl methyl sites for hydroxylation is 1. The van der Waals surface area contributed by atoms with Gasteiger partial charge in [-0.15, -0.1) is 0 Å². The van der Waals surface area contributed by atoms with Crippen molar-refractivity contribution in [3.8, 4) is 0 Å². The molecule has 0 aromatic heterocycles. The second-order valence-electron chi connectivity index (χ2n) is 5.02. The molecule has 0 spiro atoms. The number of nitrogens with one attached hydrogen (secondary N) is 1. The average Bonchev–Trinajstić information content (AvgIpc) is 2.32. The molecular formula is C12H16N2O5S. The lowest BCUT2D eigenvalue weighted by Crippen LogP contribution is -2.38. The molecule has 0 aliphatic heterocycles. The summed E-state index contributed by atoms with van der Waals surface area (Å²) in [6.07, 6.45) is 0.744. The first-order valence-electron chi connectivity index (χ1n) is 6.23. The Balaban J connectivity index is 2.23. The molecular weight excluding hydrogens is 284 g/mol. The summed E-state index contributed by atoms with van der Waals surface area (Å²) in [5.74, 6) is 0.0860. The van der Waals surface area contributed by atoms with Gasteiger partial charge in [0.25, 0.3) is 5.69 Å². The van der Waals surface area contributed by atoms with Crippen molar-refractivity contribution in [1.29, 1.82) is 0 Å². The summed E-state index contributed by atoms with van der Waals surface area (Å²) < 4.78 is 26.8. The minimum atomic E-state index is -3.93. The molecule has 0 atom stereocenters. The van der Waals surface area contributed by atoms with Crippen molar-refractivity contribution in [3.05, 3.63) is 33.9 Å². The molecule has 1 aromatic carbocycles. The molecule has 1 aliphatic rings. The van der Waals surface area contributed by atoms with Crippen LogP contribution in [-0.2, 0) is 10.0 Å². The van der Waals surface area contributed by atoms with Crippen LogP contribution < -0.4 is 4.72 Å². The number of hydrogen-bond acceptors (Lipinski definition) is 5. The summed E-state index contributed by atoms with van der Waals surface area (Å²) in [5.41, 5.74) is -0.0912. The van der Waals surface area contributed by atoms with Crippen LogP contribution in [0, 0.1) is 23.0 Å². The van der Waals surface area contributed by atoms with E-state index in [0.29, 0.717) is 18.4 Å². The lowest BCUT2D eigenvalue weighted by molar-refractivity contribution is -0.387. The molecule has 20 heavy (non-hydrogen) atoms. The molecule has 1 aliphatic carbocycles. The maximum absolute atomic E-state index is 12.2. The number of nitro benzene ring substituents is 1. The first-order chi connectivity index (χ1) is 9.31. The minimum absolute atomic E-state index is 0.0860. The first kappa shape index (κ1) is 14.9. The second kappa shape index (κ2) is 5.47. The van der Waals surface area contributed by atoms with Gasteiger partial charge in [0.2, 0.25) is 10.0 Å². The van der Waals surface area contributed by atoms with E-state index in [9.17, 15) is 18.5 Å². The molecule has 0 heterocycles. The van der Waals surface area contributed by atoms with Crippen molar-refractivity contribution in [2.45, 2.75) is 30.8 Å². The van der Waals surface area contributed by atoms with Gasteiger partial charge in [0, 0.05) is 12.6 Å². The maximum atomic E-state index is 12.2. The van der Waals surface area contributed by atoms with Gasteiger partial charge in [0.15, 0.2) is 4.90 Å². The van der Waals surface area contributed by atoms with E-state index >= 15 is 0 Å². The van der Waals surface area contributed by atoms with Crippen molar-refractivity contribution < 1.29 is 18.4 Å². The molecule has 2 N–H and O–H groups in total. The number of nitro groups is 1. The van der Waals surface area contributed by atoms with E-state index in [1.165, 1.54) is 25.1 Å². The maximum Gasteiger partial charge on any atom is 0.289 e. The van der Waals surface area contributed by atoms with Crippen LogP contribution in [0.4, 0.5) is 5.69 Å². The summed E-state index contributed by atoms with van der Waals surface area (Å²) in [7, 11) is -3.93. The van der Waals surface area contributed by atoms with Crippen LogP contribution >= 0.6 is 0 Å². The predicted octanol–water partition coefficient (Wildman–Crippen LogP) is 0.952. The number of aliphatic hydroxyl groups excluding tert-OH is 1. The Bertz CT molecular complexity index is 623. The van der Waals surface area contributed by atoms with Crippen LogP contribution in [0.2, 0.25) is 0 Å². The normalized spacial score (nSPS) is 22.3. The van der Waals surface area contributed by atoms with E-state index in [0.717, 1.165) is 0 Å². The number of nitrogens with zero attached hydrogens (tertiary/aromatic N) is 1. The third kappa shape index (κ3) is 2.97. The molecule has 2 rings (SSSR count). The first-order valence-corrected chi connectivity index (χ1v) is 7.71. The van der Waals surface area contributed by atoms with E-state index in [2.05, 4.69) is 4.72 Å². The number of rotatable bonds is 5. The van der Waals surface area contributed by atoms with Gasteiger partial charge in [0.1, 0.15) is 0 Å². The smallest absolute Gasteiger partial charge is 0.289 e. The molecule has 0 saturated heterocycles. The van der Waals surface area contributed by atoms with Gasteiger partial charge in [-0.25, -0.2) is 13.1 Å². The number of sulfonamides is 1. The van der Waals surface area contributed by atoms with E-state index in [4.69, 9.17) is 5.11 Å². The largest absolute Gasteiger partial charge is 0.393 e. The van der Waals surface area contributed by atoms with Crippen molar-refractivity contribution in [1.82, 2.24) is 4.72 Å². The number of hydrogen-bond donors (Lipinski definition) is 2. The zero-order valence-electron chi connectivity index (χ0n) is 10.9. The monoisotopic (exact) mass is 300 g/mol. The van der Waals surface area contributed by atoms with Crippen molar-refractivity contribution in [2.24, 2.45) is 5.92 Å². The summed E-state index contributed by atoms with van der Waals surface area (Å²) in [5, 5.41) is 20.1. The van der Waals surface area contributed by atoms with Gasteiger partial charge in [-0.05, 0) is 31.2 Å². The summed E-state index contributed by atoms with van der Waals surface area (Å²) in [6, 6.07) is 4.15. The number of aliphatic hydroxyl groups is 1.